The number of anilines is 1. The fourth-order valence-electron chi connectivity index (χ4n) is 2.82. The molecule has 116 valence electrons. The standard InChI is InChI=1S/C21H27N/c1-3-4-5-6-7-8-9-18-14-17(2)15-20(16-18)19-10-12-21(22)13-11-19/h3,10-16H,1,4-9,22H2,2H3. The Balaban J connectivity index is 1.98. The minimum Gasteiger partial charge on any atom is -0.399 e. The fourth-order valence-corrected chi connectivity index (χ4v) is 2.82. The Bertz CT molecular complexity index is 596. The number of hydrogen-bond acceptors (Lipinski definition) is 1. The van der Waals surface area contributed by atoms with Crippen LogP contribution in [0.3, 0.4) is 0 Å². The number of unbranched alkanes of at least 4 members (excludes halogenated alkanes) is 4. The number of benzene rings is 2. The molecule has 0 aliphatic carbocycles. The lowest BCUT2D eigenvalue weighted by atomic mass is 9.97. The van der Waals surface area contributed by atoms with Gasteiger partial charge in [0.2, 0.25) is 0 Å². The molecule has 0 amide bonds. The smallest absolute Gasteiger partial charge is 0.0314 e. The van der Waals surface area contributed by atoms with Crippen molar-refractivity contribution in [3.63, 3.8) is 0 Å². The first kappa shape index (κ1) is 16.4. The maximum absolute atomic E-state index is 5.77. The molecular formula is C21H27N. The molecule has 0 spiro atoms. The fraction of sp³-hybridized carbons (Fsp3) is 0.333. The zero-order chi connectivity index (χ0) is 15.8. The number of rotatable bonds is 8. The van der Waals surface area contributed by atoms with Crippen LogP contribution < -0.4 is 5.73 Å². The van der Waals surface area contributed by atoms with E-state index in [1.165, 1.54) is 47.9 Å². The zero-order valence-electron chi connectivity index (χ0n) is 13.6. The summed E-state index contributed by atoms with van der Waals surface area (Å²) in [6.45, 7) is 5.95. The van der Waals surface area contributed by atoms with Gasteiger partial charge in [0.15, 0.2) is 0 Å². The van der Waals surface area contributed by atoms with E-state index in [1.54, 1.807) is 0 Å². The maximum Gasteiger partial charge on any atom is 0.0314 e. The highest BCUT2D eigenvalue weighted by Gasteiger charge is 2.02. The van der Waals surface area contributed by atoms with Gasteiger partial charge in [-0.05, 0) is 61.4 Å². The lowest BCUT2D eigenvalue weighted by Gasteiger charge is -2.09. The summed E-state index contributed by atoms with van der Waals surface area (Å²) in [6.07, 6.45) is 9.47. The van der Waals surface area contributed by atoms with E-state index in [-0.39, 0.29) is 0 Å². The van der Waals surface area contributed by atoms with E-state index >= 15 is 0 Å². The van der Waals surface area contributed by atoms with Crippen molar-refractivity contribution < 1.29 is 0 Å². The molecule has 22 heavy (non-hydrogen) atoms. The average Bonchev–Trinajstić information content (AvgIpc) is 2.51. The Morgan fingerprint density at radius 2 is 1.64 bits per heavy atom. The van der Waals surface area contributed by atoms with E-state index in [0.717, 1.165) is 18.5 Å². The maximum atomic E-state index is 5.77. The predicted octanol–water partition coefficient (Wildman–Crippen LogP) is 5.92. The van der Waals surface area contributed by atoms with E-state index in [9.17, 15) is 0 Å². The Hall–Kier alpha value is -2.02. The molecule has 0 fully saturated rings. The normalized spacial score (nSPS) is 10.6. The molecule has 1 nitrogen and oxygen atoms in total. The highest BCUT2D eigenvalue weighted by atomic mass is 14.5. The number of aryl methyl sites for hydroxylation is 2. The summed E-state index contributed by atoms with van der Waals surface area (Å²) < 4.78 is 0. The molecule has 0 aliphatic rings. The number of nitrogen functional groups attached to an aromatic ring is 1. The van der Waals surface area contributed by atoms with E-state index < -0.39 is 0 Å². The molecule has 2 rings (SSSR count). The number of nitrogens with two attached hydrogens (primary N) is 1. The third-order valence-electron chi connectivity index (χ3n) is 4.00. The molecule has 0 radical (unpaired) electrons. The summed E-state index contributed by atoms with van der Waals surface area (Å²) >= 11 is 0. The molecular weight excluding hydrogens is 266 g/mol. The third-order valence-corrected chi connectivity index (χ3v) is 4.00. The largest absolute Gasteiger partial charge is 0.399 e. The van der Waals surface area contributed by atoms with Crippen LogP contribution in [0, 0.1) is 6.92 Å². The Morgan fingerprint density at radius 3 is 2.36 bits per heavy atom. The molecule has 0 atom stereocenters. The SMILES string of the molecule is C=CCCCCCCc1cc(C)cc(-c2ccc(N)cc2)c1. The van der Waals surface area contributed by atoms with Gasteiger partial charge >= 0.3 is 0 Å². The van der Waals surface area contributed by atoms with Crippen LogP contribution in [0.2, 0.25) is 0 Å². The zero-order valence-corrected chi connectivity index (χ0v) is 13.6. The summed E-state index contributed by atoms with van der Waals surface area (Å²) in [6, 6.07) is 15.0. The van der Waals surface area contributed by atoms with Crippen molar-refractivity contribution in [3.8, 4) is 11.1 Å². The van der Waals surface area contributed by atoms with Crippen molar-refractivity contribution in [2.75, 3.05) is 5.73 Å². The first-order valence-electron chi connectivity index (χ1n) is 8.26. The third kappa shape index (κ3) is 5.07. The summed E-state index contributed by atoms with van der Waals surface area (Å²) in [5.41, 5.74) is 11.9. The van der Waals surface area contributed by atoms with Crippen LogP contribution in [0.5, 0.6) is 0 Å². The summed E-state index contributed by atoms with van der Waals surface area (Å²) in [4.78, 5) is 0. The van der Waals surface area contributed by atoms with E-state index in [2.05, 4.69) is 43.8 Å². The average molecular weight is 293 g/mol. The van der Waals surface area contributed by atoms with Gasteiger partial charge < -0.3 is 5.73 Å². The van der Waals surface area contributed by atoms with Gasteiger partial charge in [-0.2, -0.15) is 0 Å². The van der Waals surface area contributed by atoms with Crippen molar-refractivity contribution in [1.29, 1.82) is 0 Å². The number of allylic oxidation sites excluding steroid dienone is 1. The van der Waals surface area contributed by atoms with Gasteiger partial charge in [0.25, 0.3) is 0 Å². The highest BCUT2D eigenvalue weighted by Crippen LogP contribution is 2.24. The van der Waals surface area contributed by atoms with Crippen LogP contribution in [-0.4, -0.2) is 0 Å². The van der Waals surface area contributed by atoms with Crippen molar-refractivity contribution in [2.45, 2.75) is 45.4 Å². The second kappa shape index (κ2) is 8.43. The first-order chi connectivity index (χ1) is 10.7. The van der Waals surface area contributed by atoms with Gasteiger partial charge in [-0.15, -0.1) is 6.58 Å². The Kier molecular flexibility index (Phi) is 6.27. The van der Waals surface area contributed by atoms with Gasteiger partial charge in [0.1, 0.15) is 0 Å². The molecule has 0 unspecified atom stereocenters. The highest BCUT2D eigenvalue weighted by molar-refractivity contribution is 5.67. The summed E-state index contributed by atoms with van der Waals surface area (Å²) in [5, 5.41) is 0. The first-order valence-corrected chi connectivity index (χ1v) is 8.26. The minimum absolute atomic E-state index is 0.816. The van der Waals surface area contributed by atoms with Gasteiger partial charge in [0, 0.05) is 5.69 Å². The predicted molar refractivity (Wildman–Crippen MR) is 98.0 cm³/mol. The van der Waals surface area contributed by atoms with Crippen LogP contribution in [0.25, 0.3) is 11.1 Å². The topological polar surface area (TPSA) is 26.0 Å². The quantitative estimate of drug-likeness (QED) is 0.365. The van der Waals surface area contributed by atoms with Crippen LogP contribution in [0.4, 0.5) is 5.69 Å². The van der Waals surface area contributed by atoms with Gasteiger partial charge in [0.05, 0.1) is 0 Å². The molecule has 0 saturated carbocycles. The van der Waals surface area contributed by atoms with Crippen molar-refractivity contribution in [2.24, 2.45) is 0 Å². The van der Waals surface area contributed by atoms with Gasteiger partial charge in [-0.25, -0.2) is 0 Å². The van der Waals surface area contributed by atoms with E-state index in [0.29, 0.717) is 0 Å². The lowest BCUT2D eigenvalue weighted by molar-refractivity contribution is 0.646. The van der Waals surface area contributed by atoms with Gasteiger partial charge in [-0.1, -0.05) is 54.8 Å². The molecule has 0 bridgehead atoms. The molecule has 0 saturated heterocycles. The monoisotopic (exact) mass is 293 g/mol. The van der Waals surface area contributed by atoms with Gasteiger partial charge in [-0.3, -0.25) is 0 Å². The molecule has 2 N–H and O–H groups in total. The number of hydrogen-bond donors (Lipinski definition) is 1. The second-order valence-corrected chi connectivity index (χ2v) is 6.07. The van der Waals surface area contributed by atoms with E-state index in [4.69, 9.17) is 5.73 Å². The van der Waals surface area contributed by atoms with Crippen LogP contribution >= 0.6 is 0 Å². The van der Waals surface area contributed by atoms with Crippen LogP contribution in [-0.2, 0) is 6.42 Å². The van der Waals surface area contributed by atoms with Crippen molar-refractivity contribution in [3.05, 3.63) is 66.2 Å². The van der Waals surface area contributed by atoms with Crippen LogP contribution in [0.1, 0.15) is 43.2 Å². The Morgan fingerprint density at radius 1 is 0.909 bits per heavy atom. The second-order valence-electron chi connectivity index (χ2n) is 6.07. The molecule has 1 heteroatoms. The lowest BCUT2D eigenvalue weighted by Crippen LogP contribution is -1.90. The Labute approximate surface area is 134 Å². The van der Waals surface area contributed by atoms with E-state index in [1.807, 2.05) is 18.2 Å². The molecule has 0 heterocycles. The molecule has 0 aliphatic heterocycles. The molecule has 2 aromatic rings. The summed E-state index contributed by atoms with van der Waals surface area (Å²) in [7, 11) is 0. The van der Waals surface area contributed by atoms with Crippen molar-refractivity contribution in [1.82, 2.24) is 0 Å². The molecule has 2 aromatic carbocycles. The molecule has 0 aromatic heterocycles. The van der Waals surface area contributed by atoms with Crippen molar-refractivity contribution >= 4 is 5.69 Å². The minimum atomic E-state index is 0.816. The summed E-state index contributed by atoms with van der Waals surface area (Å²) in [5.74, 6) is 0. The van der Waals surface area contributed by atoms with Crippen LogP contribution in [0.15, 0.2) is 55.1 Å².